The summed E-state index contributed by atoms with van der Waals surface area (Å²) >= 11 is 2.62. The van der Waals surface area contributed by atoms with Crippen LogP contribution in [0.1, 0.15) is 17.0 Å². The standard InChI is InChI=1S/C19H22N6O3S2/c1-12-5-4-6-13(2)17(12)28-10-15(26)21-9-14-23-24-19(25(14)3)30-11-16(27)22-18-20-7-8-29-18/h4-8H,9-11H2,1-3H3,(H,21,26)(H,20,22,27). The van der Waals surface area contributed by atoms with Crippen molar-refractivity contribution in [2.24, 2.45) is 7.05 Å². The van der Waals surface area contributed by atoms with E-state index >= 15 is 0 Å². The van der Waals surface area contributed by atoms with Gasteiger partial charge in [0.05, 0.1) is 12.3 Å². The lowest BCUT2D eigenvalue weighted by Crippen LogP contribution is -2.29. The highest BCUT2D eigenvalue weighted by molar-refractivity contribution is 7.99. The molecule has 0 saturated heterocycles. The third-order valence-electron chi connectivity index (χ3n) is 4.14. The number of nitrogens with zero attached hydrogens (tertiary/aromatic N) is 4. The number of anilines is 1. The van der Waals surface area contributed by atoms with Crippen LogP contribution in [0.5, 0.6) is 5.75 Å². The number of carbonyl (C=O) groups excluding carboxylic acids is 2. The minimum Gasteiger partial charge on any atom is -0.483 e. The number of carbonyl (C=O) groups is 2. The lowest BCUT2D eigenvalue weighted by Gasteiger charge is -2.12. The predicted octanol–water partition coefficient (Wildman–Crippen LogP) is 2.31. The zero-order chi connectivity index (χ0) is 21.5. The molecule has 0 atom stereocenters. The number of hydrogen-bond acceptors (Lipinski definition) is 8. The van der Waals surface area contributed by atoms with E-state index in [2.05, 4.69) is 25.8 Å². The Morgan fingerprint density at radius 1 is 1.20 bits per heavy atom. The third kappa shape index (κ3) is 5.80. The third-order valence-corrected chi connectivity index (χ3v) is 5.84. The van der Waals surface area contributed by atoms with Crippen LogP contribution in [-0.4, -0.2) is 43.9 Å². The molecule has 9 nitrogen and oxygen atoms in total. The van der Waals surface area contributed by atoms with Crippen LogP contribution in [0, 0.1) is 13.8 Å². The molecule has 2 amide bonds. The van der Waals surface area contributed by atoms with Crippen LogP contribution in [0.25, 0.3) is 0 Å². The Kier molecular flexibility index (Phi) is 7.41. The van der Waals surface area contributed by atoms with E-state index in [0.717, 1.165) is 16.9 Å². The van der Waals surface area contributed by atoms with Gasteiger partial charge in [-0.25, -0.2) is 4.98 Å². The Morgan fingerprint density at radius 2 is 1.97 bits per heavy atom. The molecule has 1 aromatic carbocycles. The number of rotatable bonds is 9. The van der Waals surface area contributed by atoms with Gasteiger partial charge in [0.25, 0.3) is 5.91 Å². The summed E-state index contributed by atoms with van der Waals surface area (Å²) in [5.41, 5.74) is 1.97. The molecule has 158 valence electrons. The average Bonchev–Trinajstić information content (AvgIpc) is 3.34. The largest absolute Gasteiger partial charge is 0.483 e. The van der Waals surface area contributed by atoms with Crippen molar-refractivity contribution in [3.63, 3.8) is 0 Å². The maximum absolute atomic E-state index is 12.1. The van der Waals surface area contributed by atoms with Gasteiger partial charge in [0.1, 0.15) is 5.75 Å². The summed E-state index contributed by atoms with van der Waals surface area (Å²) in [6, 6.07) is 5.83. The molecule has 3 aromatic rings. The predicted molar refractivity (Wildman–Crippen MR) is 116 cm³/mol. The highest BCUT2D eigenvalue weighted by Crippen LogP contribution is 2.22. The van der Waals surface area contributed by atoms with Crippen LogP contribution in [0.2, 0.25) is 0 Å². The zero-order valence-corrected chi connectivity index (χ0v) is 18.5. The van der Waals surface area contributed by atoms with Crippen molar-refractivity contribution in [3.8, 4) is 5.75 Å². The smallest absolute Gasteiger partial charge is 0.258 e. The second-order valence-electron chi connectivity index (χ2n) is 6.42. The van der Waals surface area contributed by atoms with Crippen molar-refractivity contribution in [3.05, 3.63) is 46.7 Å². The van der Waals surface area contributed by atoms with Crippen LogP contribution in [0.3, 0.4) is 0 Å². The highest BCUT2D eigenvalue weighted by atomic mass is 32.2. The number of aryl methyl sites for hydroxylation is 2. The first-order valence-corrected chi connectivity index (χ1v) is 11.0. The van der Waals surface area contributed by atoms with Gasteiger partial charge in [0, 0.05) is 18.6 Å². The summed E-state index contributed by atoms with van der Waals surface area (Å²) < 4.78 is 7.40. The van der Waals surface area contributed by atoms with Crippen molar-refractivity contribution in [2.45, 2.75) is 25.5 Å². The van der Waals surface area contributed by atoms with Crippen LogP contribution in [0.15, 0.2) is 34.9 Å². The molecule has 0 radical (unpaired) electrons. The molecule has 2 aromatic heterocycles. The Balaban J connectivity index is 1.45. The van der Waals surface area contributed by atoms with Gasteiger partial charge in [-0.1, -0.05) is 30.0 Å². The van der Waals surface area contributed by atoms with Gasteiger partial charge in [0.2, 0.25) is 5.91 Å². The van der Waals surface area contributed by atoms with E-state index in [1.54, 1.807) is 23.2 Å². The maximum atomic E-state index is 12.1. The summed E-state index contributed by atoms with van der Waals surface area (Å²) in [6.45, 7) is 4.01. The molecule has 11 heteroatoms. The van der Waals surface area contributed by atoms with Crippen molar-refractivity contribution in [1.82, 2.24) is 25.1 Å². The summed E-state index contributed by atoms with van der Waals surface area (Å²) in [5.74, 6) is 1.06. The molecule has 0 aliphatic rings. The fourth-order valence-corrected chi connectivity index (χ4v) is 3.86. The normalized spacial score (nSPS) is 10.6. The number of hydrogen-bond donors (Lipinski definition) is 2. The number of thioether (sulfide) groups is 1. The number of amides is 2. The Hall–Kier alpha value is -2.92. The summed E-state index contributed by atoms with van der Waals surface area (Å²) in [4.78, 5) is 28.1. The number of ether oxygens (including phenoxy) is 1. The summed E-state index contributed by atoms with van der Waals surface area (Å²) in [7, 11) is 1.79. The molecule has 0 bridgehead atoms. The summed E-state index contributed by atoms with van der Waals surface area (Å²) in [5, 5.41) is 16.6. The zero-order valence-electron chi connectivity index (χ0n) is 16.8. The van der Waals surface area contributed by atoms with E-state index < -0.39 is 0 Å². The second-order valence-corrected chi connectivity index (χ2v) is 8.26. The monoisotopic (exact) mass is 446 g/mol. The van der Waals surface area contributed by atoms with Gasteiger partial charge in [-0.2, -0.15) is 0 Å². The van der Waals surface area contributed by atoms with Crippen LogP contribution in [0.4, 0.5) is 5.13 Å². The Labute approximate surface area is 182 Å². The topological polar surface area (TPSA) is 111 Å². The number of thiazole rings is 1. The van der Waals surface area contributed by atoms with E-state index in [9.17, 15) is 9.59 Å². The highest BCUT2D eigenvalue weighted by Gasteiger charge is 2.13. The minimum absolute atomic E-state index is 0.0813. The van der Waals surface area contributed by atoms with Gasteiger partial charge < -0.3 is 19.9 Å². The fourth-order valence-electron chi connectivity index (χ4n) is 2.59. The molecule has 2 N–H and O–H groups in total. The molecule has 0 aliphatic heterocycles. The molecular weight excluding hydrogens is 424 g/mol. The molecule has 3 rings (SSSR count). The molecule has 0 unspecified atom stereocenters. The van der Waals surface area contributed by atoms with Crippen LogP contribution >= 0.6 is 23.1 Å². The Bertz CT molecular complexity index is 999. The van der Waals surface area contributed by atoms with Crippen molar-refractivity contribution < 1.29 is 14.3 Å². The average molecular weight is 447 g/mol. The van der Waals surface area contributed by atoms with Gasteiger partial charge in [0.15, 0.2) is 22.7 Å². The molecular formula is C19H22N6O3S2. The molecule has 0 fully saturated rings. The number of benzene rings is 1. The molecule has 0 saturated carbocycles. The minimum atomic E-state index is -0.252. The van der Waals surface area contributed by atoms with Crippen LogP contribution in [-0.2, 0) is 23.2 Å². The van der Waals surface area contributed by atoms with Crippen molar-refractivity contribution >= 4 is 40.0 Å². The van der Waals surface area contributed by atoms with Gasteiger partial charge in [-0.15, -0.1) is 21.5 Å². The molecule has 30 heavy (non-hydrogen) atoms. The SMILES string of the molecule is Cc1cccc(C)c1OCC(=O)NCc1nnc(SCC(=O)Nc2nccs2)n1C. The fraction of sp³-hybridized carbons (Fsp3) is 0.316. The molecule has 0 spiro atoms. The van der Waals surface area contributed by atoms with Gasteiger partial charge >= 0.3 is 0 Å². The first-order valence-electron chi connectivity index (χ1n) is 9.10. The lowest BCUT2D eigenvalue weighted by molar-refractivity contribution is -0.123. The number of nitrogens with one attached hydrogen (secondary N) is 2. The lowest BCUT2D eigenvalue weighted by atomic mass is 10.1. The Morgan fingerprint density at radius 3 is 2.67 bits per heavy atom. The number of para-hydroxylation sites is 1. The van der Waals surface area contributed by atoms with E-state index in [1.807, 2.05) is 32.0 Å². The number of aromatic nitrogens is 4. The van der Waals surface area contributed by atoms with Gasteiger partial charge in [-0.05, 0) is 25.0 Å². The van der Waals surface area contributed by atoms with E-state index in [4.69, 9.17) is 4.74 Å². The molecule has 0 aliphatic carbocycles. The quantitative estimate of drug-likeness (QED) is 0.485. The first-order chi connectivity index (χ1) is 14.4. The van der Waals surface area contributed by atoms with E-state index in [-0.39, 0.29) is 30.7 Å². The van der Waals surface area contributed by atoms with Crippen molar-refractivity contribution in [1.29, 1.82) is 0 Å². The van der Waals surface area contributed by atoms with Crippen molar-refractivity contribution in [2.75, 3.05) is 17.7 Å². The van der Waals surface area contributed by atoms with E-state index in [1.165, 1.54) is 23.1 Å². The first kappa shape index (κ1) is 21.8. The molecule has 2 heterocycles. The second kappa shape index (κ2) is 10.2. The maximum Gasteiger partial charge on any atom is 0.258 e. The van der Waals surface area contributed by atoms with E-state index in [0.29, 0.717) is 16.1 Å². The summed E-state index contributed by atoms with van der Waals surface area (Å²) in [6.07, 6.45) is 1.63. The van der Waals surface area contributed by atoms with Crippen LogP contribution < -0.4 is 15.4 Å². The van der Waals surface area contributed by atoms with Gasteiger partial charge in [-0.3, -0.25) is 9.59 Å².